The molecule has 2 heterocycles. The Labute approximate surface area is 251 Å². The maximum Gasteiger partial charge on any atom is 0.418 e. The standard InChI is InChI=1S/C31H42F3N5O4/c1-21(2)17-27(40)38-14-12-23-22(19-38)9-7-11-25(23)36-18-28(41)39(16-15-37(6)29(42)43-30(3,4)5)20-26-24(31(32,33)34)10-8-13-35-26/h7-11,13,21,36H,12,14-20H2,1-6H3. The second-order valence-electron chi connectivity index (χ2n) is 12.2. The van der Waals surface area contributed by atoms with Gasteiger partial charge in [-0.05, 0) is 62.4 Å². The van der Waals surface area contributed by atoms with Gasteiger partial charge < -0.3 is 24.8 Å². The Morgan fingerprint density at radius 1 is 1.09 bits per heavy atom. The number of rotatable bonds is 10. The Balaban J connectivity index is 1.76. The number of halogens is 3. The number of nitrogens with zero attached hydrogens (tertiary/aromatic N) is 4. The monoisotopic (exact) mass is 605 g/mol. The first-order chi connectivity index (χ1) is 20.0. The number of carbonyl (C=O) groups is 3. The lowest BCUT2D eigenvalue weighted by molar-refractivity contribution is -0.140. The van der Waals surface area contributed by atoms with Crippen LogP contribution in [0.1, 0.15) is 63.4 Å². The molecule has 236 valence electrons. The molecule has 1 aliphatic heterocycles. The van der Waals surface area contributed by atoms with E-state index >= 15 is 0 Å². The van der Waals surface area contributed by atoms with Gasteiger partial charge in [0.05, 0.1) is 24.3 Å². The Bertz CT molecular complexity index is 1290. The summed E-state index contributed by atoms with van der Waals surface area (Å²) in [5.41, 5.74) is 0.792. The quantitative estimate of drug-likeness (QED) is 0.393. The highest BCUT2D eigenvalue weighted by atomic mass is 19.4. The van der Waals surface area contributed by atoms with E-state index in [2.05, 4.69) is 10.3 Å². The molecule has 0 bridgehead atoms. The molecule has 9 nitrogen and oxygen atoms in total. The highest BCUT2D eigenvalue weighted by molar-refractivity contribution is 5.81. The Morgan fingerprint density at radius 3 is 2.47 bits per heavy atom. The van der Waals surface area contributed by atoms with E-state index in [1.165, 1.54) is 29.1 Å². The number of hydrogen-bond acceptors (Lipinski definition) is 6. The summed E-state index contributed by atoms with van der Waals surface area (Å²) in [6, 6.07) is 7.78. The zero-order valence-corrected chi connectivity index (χ0v) is 25.8. The summed E-state index contributed by atoms with van der Waals surface area (Å²) in [6.45, 7) is 9.66. The Hall–Kier alpha value is -3.83. The van der Waals surface area contributed by atoms with Crippen LogP contribution in [0.4, 0.5) is 23.7 Å². The number of aromatic nitrogens is 1. The number of benzene rings is 1. The number of nitrogens with one attached hydrogen (secondary N) is 1. The summed E-state index contributed by atoms with van der Waals surface area (Å²) in [7, 11) is 1.50. The number of anilines is 1. The third-order valence-corrected chi connectivity index (χ3v) is 6.93. The summed E-state index contributed by atoms with van der Waals surface area (Å²) in [5.74, 6) is -0.0921. The van der Waals surface area contributed by atoms with Crippen LogP contribution in [0.3, 0.4) is 0 Å². The fraction of sp³-hybridized carbons (Fsp3) is 0.548. The molecular formula is C31H42F3N5O4. The smallest absolute Gasteiger partial charge is 0.418 e. The molecule has 1 N–H and O–H groups in total. The van der Waals surface area contributed by atoms with E-state index in [-0.39, 0.29) is 37.2 Å². The highest BCUT2D eigenvalue weighted by Gasteiger charge is 2.35. The van der Waals surface area contributed by atoms with Crippen molar-refractivity contribution in [2.75, 3.05) is 38.5 Å². The fourth-order valence-corrected chi connectivity index (χ4v) is 4.75. The van der Waals surface area contributed by atoms with Crippen molar-refractivity contribution in [2.24, 2.45) is 5.92 Å². The molecule has 0 aliphatic carbocycles. The number of hydrogen-bond donors (Lipinski definition) is 1. The van der Waals surface area contributed by atoms with Crippen molar-refractivity contribution in [3.05, 3.63) is 58.9 Å². The van der Waals surface area contributed by atoms with E-state index in [0.717, 1.165) is 22.9 Å². The van der Waals surface area contributed by atoms with Gasteiger partial charge in [0.1, 0.15) is 5.60 Å². The van der Waals surface area contributed by atoms with E-state index in [4.69, 9.17) is 4.74 Å². The Kier molecular flexibility index (Phi) is 11.0. The molecule has 0 spiro atoms. The first-order valence-electron chi connectivity index (χ1n) is 14.4. The van der Waals surface area contributed by atoms with Crippen LogP contribution in [-0.4, -0.2) is 76.4 Å². The molecule has 0 saturated heterocycles. The molecule has 0 atom stereocenters. The van der Waals surface area contributed by atoms with Gasteiger partial charge in [-0.25, -0.2) is 4.79 Å². The number of fused-ring (bicyclic) bond motifs is 1. The van der Waals surface area contributed by atoms with Crippen LogP contribution in [0.5, 0.6) is 0 Å². The van der Waals surface area contributed by atoms with Crippen molar-refractivity contribution in [1.82, 2.24) is 19.7 Å². The van der Waals surface area contributed by atoms with Gasteiger partial charge in [0.15, 0.2) is 0 Å². The first kappa shape index (κ1) is 33.7. The van der Waals surface area contributed by atoms with Gasteiger partial charge in [-0.3, -0.25) is 14.6 Å². The topological polar surface area (TPSA) is 95.1 Å². The fourth-order valence-electron chi connectivity index (χ4n) is 4.75. The van der Waals surface area contributed by atoms with Crippen LogP contribution >= 0.6 is 0 Å². The van der Waals surface area contributed by atoms with Crippen LogP contribution in [0.15, 0.2) is 36.5 Å². The zero-order valence-electron chi connectivity index (χ0n) is 25.8. The lowest BCUT2D eigenvalue weighted by atomic mass is 9.97. The number of alkyl halides is 3. The number of ether oxygens (including phenoxy) is 1. The van der Waals surface area contributed by atoms with Crippen LogP contribution in [0.25, 0.3) is 0 Å². The summed E-state index contributed by atoms with van der Waals surface area (Å²) in [5, 5.41) is 3.16. The zero-order chi connectivity index (χ0) is 31.9. The number of carbonyl (C=O) groups excluding carboxylic acids is 3. The van der Waals surface area contributed by atoms with Crippen molar-refractivity contribution in [2.45, 2.75) is 72.3 Å². The number of pyridine rings is 1. The van der Waals surface area contributed by atoms with E-state index < -0.39 is 35.9 Å². The van der Waals surface area contributed by atoms with Gasteiger partial charge in [-0.15, -0.1) is 0 Å². The van der Waals surface area contributed by atoms with Crippen molar-refractivity contribution >= 4 is 23.6 Å². The maximum atomic E-state index is 13.7. The van der Waals surface area contributed by atoms with E-state index in [1.54, 1.807) is 20.8 Å². The molecule has 0 saturated carbocycles. The van der Waals surface area contributed by atoms with Crippen LogP contribution in [0, 0.1) is 5.92 Å². The predicted molar refractivity (Wildman–Crippen MR) is 157 cm³/mol. The molecule has 3 rings (SSSR count). The summed E-state index contributed by atoms with van der Waals surface area (Å²) in [6.07, 6.45) is -2.90. The molecule has 1 aliphatic rings. The molecule has 2 aromatic rings. The lowest BCUT2D eigenvalue weighted by Gasteiger charge is -2.31. The normalized spacial score (nSPS) is 13.4. The first-order valence-corrected chi connectivity index (χ1v) is 14.4. The third-order valence-electron chi connectivity index (χ3n) is 6.93. The maximum absolute atomic E-state index is 13.7. The van der Waals surface area contributed by atoms with Gasteiger partial charge >= 0.3 is 12.3 Å². The average molecular weight is 606 g/mol. The molecule has 3 amide bonds. The summed E-state index contributed by atoms with van der Waals surface area (Å²) in [4.78, 5) is 46.8. The largest absolute Gasteiger partial charge is 0.444 e. The molecule has 12 heteroatoms. The highest BCUT2D eigenvalue weighted by Crippen LogP contribution is 2.32. The van der Waals surface area contributed by atoms with Gasteiger partial charge in [0.25, 0.3) is 0 Å². The molecular weight excluding hydrogens is 563 g/mol. The predicted octanol–water partition coefficient (Wildman–Crippen LogP) is 5.34. The van der Waals surface area contributed by atoms with Crippen LogP contribution < -0.4 is 5.32 Å². The van der Waals surface area contributed by atoms with E-state index in [0.29, 0.717) is 25.9 Å². The molecule has 0 unspecified atom stereocenters. The number of amides is 3. The van der Waals surface area contributed by atoms with Gasteiger partial charge in [0, 0.05) is 51.5 Å². The van der Waals surface area contributed by atoms with Crippen molar-refractivity contribution in [3.8, 4) is 0 Å². The third kappa shape index (κ3) is 9.86. The van der Waals surface area contributed by atoms with Crippen LogP contribution in [-0.2, 0) is 40.0 Å². The van der Waals surface area contributed by atoms with E-state index in [9.17, 15) is 27.6 Å². The van der Waals surface area contributed by atoms with Crippen molar-refractivity contribution in [1.29, 1.82) is 0 Å². The second kappa shape index (κ2) is 14.1. The summed E-state index contributed by atoms with van der Waals surface area (Å²) >= 11 is 0. The van der Waals surface area contributed by atoms with Gasteiger partial charge in [0.2, 0.25) is 11.8 Å². The minimum absolute atomic E-state index is 0.0375. The second-order valence-corrected chi connectivity index (χ2v) is 12.2. The van der Waals surface area contributed by atoms with E-state index in [1.807, 2.05) is 36.9 Å². The summed E-state index contributed by atoms with van der Waals surface area (Å²) < 4.78 is 46.4. The average Bonchev–Trinajstić information content (AvgIpc) is 2.91. The van der Waals surface area contributed by atoms with Crippen molar-refractivity contribution < 1.29 is 32.3 Å². The van der Waals surface area contributed by atoms with Gasteiger partial charge in [-0.2, -0.15) is 13.2 Å². The lowest BCUT2D eigenvalue weighted by Crippen LogP contribution is -2.43. The molecule has 0 fully saturated rings. The molecule has 1 aromatic heterocycles. The Morgan fingerprint density at radius 2 is 1.81 bits per heavy atom. The molecule has 1 aromatic carbocycles. The SMILES string of the molecule is CC(C)CC(=O)N1CCc2c(cccc2NCC(=O)N(CCN(C)C(=O)OC(C)(C)C)Cc2ncccc2C(F)(F)F)C1. The minimum atomic E-state index is -4.64. The van der Waals surface area contributed by atoms with Crippen molar-refractivity contribution in [3.63, 3.8) is 0 Å². The van der Waals surface area contributed by atoms with Crippen LogP contribution in [0.2, 0.25) is 0 Å². The number of likely N-dealkylation sites (N-methyl/N-ethyl adjacent to an activating group) is 1. The minimum Gasteiger partial charge on any atom is -0.444 e. The van der Waals surface area contributed by atoms with Gasteiger partial charge in [-0.1, -0.05) is 26.0 Å². The molecule has 43 heavy (non-hydrogen) atoms. The molecule has 0 radical (unpaired) electrons.